The van der Waals surface area contributed by atoms with Crippen molar-refractivity contribution in [2.45, 2.75) is 91.5 Å². The summed E-state index contributed by atoms with van der Waals surface area (Å²) in [4.78, 5) is 23.3. The highest BCUT2D eigenvalue weighted by Gasteiger charge is 2.43. The number of allylic oxidation sites excluding steroid dienone is 1. The van der Waals surface area contributed by atoms with Gasteiger partial charge in [-0.25, -0.2) is 0 Å². The lowest BCUT2D eigenvalue weighted by atomic mass is 9.66. The first-order valence-corrected chi connectivity index (χ1v) is 12.5. The van der Waals surface area contributed by atoms with Gasteiger partial charge in [0, 0.05) is 6.42 Å². The minimum Gasteiger partial charge on any atom is -0.469 e. The van der Waals surface area contributed by atoms with Crippen molar-refractivity contribution < 1.29 is 18.8 Å². The van der Waals surface area contributed by atoms with Gasteiger partial charge in [0.1, 0.15) is 12.2 Å². The highest BCUT2D eigenvalue weighted by Crippen LogP contribution is 2.46. The molecule has 0 heterocycles. The molecule has 5 heteroatoms. The molecule has 2 atom stereocenters. The normalized spacial score (nSPS) is 23.3. The molecule has 1 aliphatic rings. The van der Waals surface area contributed by atoms with Crippen molar-refractivity contribution in [1.29, 1.82) is 0 Å². The maximum Gasteiger partial charge on any atom is 0.313 e. The predicted octanol–water partition coefficient (Wildman–Crippen LogP) is 5.28. The van der Waals surface area contributed by atoms with E-state index in [1.54, 1.807) is 0 Å². The third-order valence-electron chi connectivity index (χ3n) is 6.20. The Morgan fingerprint density at radius 3 is 2.31 bits per heavy atom. The molecule has 0 aliphatic heterocycles. The van der Waals surface area contributed by atoms with Crippen molar-refractivity contribution in [3.63, 3.8) is 0 Å². The average Bonchev–Trinajstić information content (AvgIpc) is 2.43. The Bertz CT molecular complexity index is 555. The Labute approximate surface area is 160 Å². The van der Waals surface area contributed by atoms with E-state index in [4.69, 9.17) is 4.43 Å². The summed E-state index contributed by atoms with van der Waals surface area (Å²) in [5, 5.41) is 0.191. The molecule has 0 aromatic rings. The van der Waals surface area contributed by atoms with E-state index in [-0.39, 0.29) is 28.8 Å². The van der Waals surface area contributed by atoms with Crippen LogP contribution in [0.5, 0.6) is 0 Å². The number of ketones is 1. The van der Waals surface area contributed by atoms with E-state index in [2.05, 4.69) is 65.4 Å². The number of ether oxygens (including phenoxy) is 1. The zero-order valence-electron chi connectivity index (χ0n) is 18.2. The molecule has 0 saturated heterocycles. The van der Waals surface area contributed by atoms with E-state index in [1.807, 2.05) is 0 Å². The first-order valence-electron chi connectivity index (χ1n) is 9.64. The summed E-state index contributed by atoms with van der Waals surface area (Å²) in [6.07, 6.45) is 4.45. The van der Waals surface area contributed by atoms with Gasteiger partial charge >= 0.3 is 5.97 Å². The van der Waals surface area contributed by atoms with Crippen LogP contribution in [0.4, 0.5) is 0 Å². The molecule has 150 valence electrons. The smallest absolute Gasteiger partial charge is 0.313 e. The van der Waals surface area contributed by atoms with E-state index in [9.17, 15) is 9.59 Å². The first-order chi connectivity index (χ1) is 11.7. The van der Waals surface area contributed by atoms with E-state index >= 15 is 0 Å². The number of hydrogen-bond donors (Lipinski definition) is 0. The fraction of sp³-hybridized carbons (Fsp3) is 0.810. The molecule has 0 amide bonds. The summed E-state index contributed by atoms with van der Waals surface area (Å²) in [6, 6.07) is 0. The summed E-state index contributed by atoms with van der Waals surface area (Å²) in [6.45, 7) is 18.1. The molecule has 0 bridgehead atoms. The number of methoxy groups -OCH3 is 1. The molecule has 0 saturated carbocycles. The van der Waals surface area contributed by atoms with Crippen LogP contribution in [0.3, 0.4) is 0 Å². The molecule has 0 spiro atoms. The average molecular weight is 383 g/mol. The van der Waals surface area contributed by atoms with Gasteiger partial charge in [0.2, 0.25) is 0 Å². The minimum atomic E-state index is -1.82. The van der Waals surface area contributed by atoms with Crippen LogP contribution in [0, 0.1) is 11.3 Å². The largest absolute Gasteiger partial charge is 0.469 e. The molecule has 0 aromatic heterocycles. The summed E-state index contributed by atoms with van der Waals surface area (Å²) in [7, 11) is -0.501. The van der Waals surface area contributed by atoms with E-state index < -0.39 is 14.3 Å². The number of hydrogen-bond acceptors (Lipinski definition) is 4. The van der Waals surface area contributed by atoms with Crippen molar-refractivity contribution in [2.75, 3.05) is 7.11 Å². The van der Waals surface area contributed by atoms with Crippen molar-refractivity contribution in [3.05, 3.63) is 11.6 Å². The number of rotatable bonds is 7. The topological polar surface area (TPSA) is 52.6 Å². The third kappa shape index (κ3) is 6.05. The van der Waals surface area contributed by atoms with Crippen LogP contribution in [0.15, 0.2) is 11.6 Å². The second kappa shape index (κ2) is 8.38. The first kappa shape index (κ1) is 23.1. The highest BCUT2D eigenvalue weighted by atomic mass is 28.4. The number of Topliss-reactive ketones (excluding diaryl/α,β-unsaturated/α-hetero) is 1. The van der Waals surface area contributed by atoms with Gasteiger partial charge in [0.15, 0.2) is 8.32 Å². The quantitative estimate of drug-likeness (QED) is 0.260. The summed E-state index contributed by atoms with van der Waals surface area (Å²) in [5.41, 5.74) is 1.37. The van der Waals surface area contributed by atoms with Gasteiger partial charge in [-0.3, -0.25) is 9.59 Å². The molecule has 4 nitrogen and oxygen atoms in total. The molecule has 1 unspecified atom stereocenters. The summed E-state index contributed by atoms with van der Waals surface area (Å²) >= 11 is 0. The van der Waals surface area contributed by atoms with Crippen LogP contribution >= 0.6 is 0 Å². The molecule has 1 aliphatic carbocycles. The second-order valence-corrected chi connectivity index (χ2v) is 14.7. The van der Waals surface area contributed by atoms with Gasteiger partial charge in [0.25, 0.3) is 0 Å². The zero-order chi connectivity index (χ0) is 20.3. The molecule has 0 N–H and O–H groups in total. The van der Waals surface area contributed by atoms with Crippen LogP contribution in [-0.2, 0) is 18.8 Å². The molecule has 0 fully saturated rings. The van der Waals surface area contributed by atoms with Gasteiger partial charge in [0.05, 0.1) is 13.2 Å². The van der Waals surface area contributed by atoms with Crippen molar-refractivity contribution in [3.8, 4) is 0 Å². The molecular weight excluding hydrogens is 344 g/mol. The number of esters is 1. The zero-order valence-corrected chi connectivity index (χ0v) is 19.2. The lowest BCUT2D eigenvalue weighted by Crippen LogP contribution is -2.46. The van der Waals surface area contributed by atoms with Gasteiger partial charge in [-0.2, -0.15) is 0 Å². The Hall–Kier alpha value is -0.943. The lowest BCUT2D eigenvalue weighted by molar-refractivity contribution is -0.143. The van der Waals surface area contributed by atoms with Crippen LogP contribution in [0.2, 0.25) is 18.1 Å². The fourth-order valence-corrected chi connectivity index (χ4v) is 4.88. The van der Waals surface area contributed by atoms with Crippen LogP contribution in [-0.4, -0.2) is 33.3 Å². The minimum absolute atomic E-state index is 0.0416. The fourth-order valence-electron chi connectivity index (χ4n) is 3.62. The van der Waals surface area contributed by atoms with E-state index in [0.29, 0.717) is 12.3 Å². The Balaban J connectivity index is 2.80. The van der Waals surface area contributed by atoms with E-state index in [0.717, 1.165) is 12.8 Å². The molecular formula is C21H38O4Si. The highest BCUT2D eigenvalue weighted by molar-refractivity contribution is 6.74. The molecule has 26 heavy (non-hydrogen) atoms. The predicted molar refractivity (Wildman–Crippen MR) is 109 cm³/mol. The van der Waals surface area contributed by atoms with Crippen molar-refractivity contribution >= 4 is 20.1 Å². The summed E-state index contributed by atoms with van der Waals surface area (Å²) < 4.78 is 11.2. The summed E-state index contributed by atoms with van der Waals surface area (Å²) in [5.74, 6) is -0.156. The maximum absolute atomic E-state index is 12.0. The van der Waals surface area contributed by atoms with Gasteiger partial charge < -0.3 is 9.16 Å². The van der Waals surface area contributed by atoms with Gasteiger partial charge in [-0.05, 0) is 49.2 Å². The molecule has 0 radical (unpaired) electrons. The van der Waals surface area contributed by atoms with Gasteiger partial charge in [-0.1, -0.05) is 46.3 Å². The molecule has 0 aromatic carbocycles. The number of carbonyl (C=O) groups excluding carboxylic acids is 2. The Morgan fingerprint density at radius 2 is 1.85 bits per heavy atom. The SMILES string of the molecule is COC(=O)CC(=O)CCC1C(C)=C[C@@H](O[Si](C)(C)C(C)(C)C)CC1(C)C. The van der Waals surface area contributed by atoms with Crippen molar-refractivity contribution in [2.24, 2.45) is 11.3 Å². The van der Waals surface area contributed by atoms with Crippen LogP contribution in [0.1, 0.15) is 67.2 Å². The maximum atomic E-state index is 12.0. The van der Waals surface area contributed by atoms with Crippen LogP contribution in [0.25, 0.3) is 0 Å². The third-order valence-corrected chi connectivity index (χ3v) is 10.7. The van der Waals surface area contributed by atoms with Crippen molar-refractivity contribution in [1.82, 2.24) is 0 Å². The second-order valence-electron chi connectivity index (χ2n) is 9.90. The number of carbonyl (C=O) groups is 2. The monoisotopic (exact) mass is 382 g/mol. The standard InChI is InChI=1S/C21H38O4Si/c1-15-12-17(25-26(8,9)20(2,3)4)14-21(5,6)18(15)11-10-16(22)13-19(23)24-7/h12,17-18H,10-11,13-14H2,1-9H3/t17-,18?/m1/s1. The Morgan fingerprint density at radius 1 is 1.27 bits per heavy atom. The Kier molecular flexibility index (Phi) is 7.45. The lowest BCUT2D eigenvalue weighted by Gasteiger charge is -2.45. The van der Waals surface area contributed by atoms with E-state index in [1.165, 1.54) is 12.7 Å². The molecule has 1 rings (SSSR count). The van der Waals surface area contributed by atoms with Crippen LogP contribution < -0.4 is 0 Å². The van der Waals surface area contributed by atoms with Gasteiger partial charge in [-0.15, -0.1) is 0 Å².